The van der Waals surface area contributed by atoms with Crippen molar-refractivity contribution in [2.75, 3.05) is 27.2 Å². The molecule has 3 aromatic rings. The van der Waals surface area contributed by atoms with E-state index in [4.69, 9.17) is 4.84 Å². The van der Waals surface area contributed by atoms with Crippen molar-refractivity contribution in [3.05, 3.63) is 101 Å². The molecule has 1 aliphatic heterocycles. The summed E-state index contributed by atoms with van der Waals surface area (Å²) in [7, 11) is 4.19. The Morgan fingerprint density at radius 1 is 0.962 bits per heavy atom. The number of carbonyl (C=O) groups is 1. The van der Waals surface area contributed by atoms with Gasteiger partial charge in [0.1, 0.15) is 17.9 Å². The lowest BCUT2D eigenvalue weighted by molar-refractivity contribution is -0.181. The minimum absolute atomic E-state index is 0.0899. The fourth-order valence-electron chi connectivity index (χ4n) is 9.92. The standard InChI is InChI=1S/C44H61N3O5/c1-29-35(22-36-23-38(29)44(36,3)4)18-19-40(51)43-42(30(2)49)41(28-48)52-47(43)26-32-13-10-12-31(20-32)24-46(25-33-14-11-17-37(50)21-33)39(27-45(5)6)34-15-8-7-9-16-34/h7-17,20-21,29-30,35-36,38-39,41-43,48-50H,18-19,22-28H2,1-6H3/t29-,30+,35+,36+,38+,39-,41+,42-,43-/m1/s1. The van der Waals surface area contributed by atoms with E-state index >= 15 is 0 Å². The number of likely N-dealkylation sites (N-methyl/N-ethyl adjacent to an activating group) is 1. The molecule has 1 heterocycles. The van der Waals surface area contributed by atoms with Gasteiger partial charge in [-0.2, -0.15) is 5.06 Å². The van der Waals surface area contributed by atoms with Crippen LogP contribution in [0.1, 0.15) is 81.7 Å². The molecule has 0 radical (unpaired) electrons. The van der Waals surface area contributed by atoms with Gasteiger partial charge in [0, 0.05) is 44.6 Å². The molecule has 3 N–H and O–H groups in total. The summed E-state index contributed by atoms with van der Waals surface area (Å²) in [6.45, 7) is 11.1. The molecule has 7 rings (SSSR count). The number of fused-ring (bicyclic) bond motifs is 2. The Balaban J connectivity index is 1.21. The van der Waals surface area contributed by atoms with E-state index in [0.717, 1.165) is 41.5 Å². The van der Waals surface area contributed by atoms with Gasteiger partial charge in [0.2, 0.25) is 0 Å². The first-order valence-electron chi connectivity index (χ1n) is 19.4. The summed E-state index contributed by atoms with van der Waals surface area (Å²) in [5.41, 5.74) is 4.79. The summed E-state index contributed by atoms with van der Waals surface area (Å²) >= 11 is 0. The monoisotopic (exact) mass is 711 g/mol. The van der Waals surface area contributed by atoms with Crippen molar-refractivity contribution in [2.24, 2.45) is 35.0 Å². The highest BCUT2D eigenvalue weighted by Gasteiger charge is 2.56. The van der Waals surface area contributed by atoms with Crippen molar-refractivity contribution in [2.45, 2.75) is 97.3 Å². The molecule has 8 nitrogen and oxygen atoms in total. The van der Waals surface area contributed by atoms with E-state index in [9.17, 15) is 20.1 Å². The molecule has 4 aliphatic rings. The number of hydrogen-bond acceptors (Lipinski definition) is 8. The van der Waals surface area contributed by atoms with Crippen LogP contribution in [0, 0.1) is 35.0 Å². The third kappa shape index (κ3) is 8.48. The van der Waals surface area contributed by atoms with Gasteiger partial charge in [-0.25, -0.2) is 0 Å². The summed E-state index contributed by atoms with van der Waals surface area (Å²) in [6, 6.07) is 25.9. The number of aliphatic hydroxyl groups is 2. The van der Waals surface area contributed by atoms with Gasteiger partial charge in [0.05, 0.1) is 12.7 Å². The first-order valence-corrected chi connectivity index (χ1v) is 19.4. The number of hydroxylamine groups is 2. The molecule has 0 spiro atoms. The molecule has 282 valence electrons. The van der Waals surface area contributed by atoms with Crippen LogP contribution in [0.15, 0.2) is 78.9 Å². The van der Waals surface area contributed by atoms with Gasteiger partial charge in [0.25, 0.3) is 0 Å². The van der Waals surface area contributed by atoms with Crippen LogP contribution in [0.2, 0.25) is 0 Å². The van der Waals surface area contributed by atoms with Crippen molar-refractivity contribution < 1.29 is 25.0 Å². The first-order chi connectivity index (χ1) is 24.8. The predicted molar refractivity (Wildman–Crippen MR) is 205 cm³/mol. The topological polar surface area (TPSA) is 96.7 Å². The molecule has 0 unspecified atom stereocenters. The Morgan fingerprint density at radius 3 is 2.25 bits per heavy atom. The Kier molecular flexibility index (Phi) is 12.2. The molecule has 2 bridgehead atoms. The quantitative estimate of drug-likeness (QED) is 0.149. The third-order valence-corrected chi connectivity index (χ3v) is 12.9. The fraction of sp³-hybridized carbons (Fsp3) is 0.568. The minimum Gasteiger partial charge on any atom is -0.508 e. The highest BCUT2D eigenvalue weighted by molar-refractivity contribution is 5.84. The van der Waals surface area contributed by atoms with E-state index in [1.807, 2.05) is 18.2 Å². The number of benzene rings is 3. The van der Waals surface area contributed by atoms with Crippen molar-refractivity contribution in [1.82, 2.24) is 14.9 Å². The third-order valence-electron chi connectivity index (χ3n) is 12.9. The van der Waals surface area contributed by atoms with Crippen molar-refractivity contribution in [1.29, 1.82) is 0 Å². The zero-order valence-electron chi connectivity index (χ0n) is 32.1. The zero-order valence-corrected chi connectivity index (χ0v) is 32.1. The van der Waals surface area contributed by atoms with Crippen molar-refractivity contribution >= 4 is 5.78 Å². The molecule has 1 saturated heterocycles. The molecule has 0 aromatic heterocycles. The summed E-state index contributed by atoms with van der Waals surface area (Å²) in [6.07, 6.45) is 2.38. The number of ketones is 1. The maximum Gasteiger partial charge on any atom is 0.152 e. The summed E-state index contributed by atoms with van der Waals surface area (Å²) in [5, 5.41) is 33.2. The number of nitrogens with zero attached hydrogens (tertiary/aromatic N) is 3. The smallest absolute Gasteiger partial charge is 0.152 e. The van der Waals surface area contributed by atoms with Crippen LogP contribution in [-0.4, -0.2) is 81.5 Å². The second-order valence-corrected chi connectivity index (χ2v) is 17.0. The second-order valence-electron chi connectivity index (χ2n) is 17.0. The predicted octanol–water partition coefficient (Wildman–Crippen LogP) is 6.84. The molecule has 3 aliphatic carbocycles. The fourth-order valence-corrected chi connectivity index (χ4v) is 9.92. The van der Waals surface area contributed by atoms with E-state index < -0.39 is 24.2 Å². The lowest BCUT2D eigenvalue weighted by atomic mass is 9.43. The molecular weight excluding hydrogens is 650 g/mol. The van der Waals surface area contributed by atoms with Crippen LogP contribution < -0.4 is 0 Å². The largest absolute Gasteiger partial charge is 0.508 e. The van der Waals surface area contributed by atoms with Crippen molar-refractivity contribution in [3.8, 4) is 5.75 Å². The summed E-state index contributed by atoms with van der Waals surface area (Å²) < 4.78 is 0. The number of Topliss-reactive ketones (excluding diaryl/α,β-unsaturated/α-hetero) is 1. The lowest BCUT2D eigenvalue weighted by Crippen LogP contribution is -2.55. The number of aliphatic hydroxyl groups excluding tert-OH is 2. The average Bonchev–Trinajstić information content (AvgIpc) is 3.48. The van der Waals surface area contributed by atoms with Crippen LogP contribution >= 0.6 is 0 Å². The van der Waals surface area contributed by atoms with Crippen molar-refractivity contribution in [3.63, 3.8) is 0 Å². The van der Waals surface area contributed by atoms with Crippen LogP contribution in [0.3, 0.4) is 0 Å². The van der Waals surface area contributed by atoms with Gasteiger partial charge in [-0.05, 0) is 104 Å². The normalized spacial score (nSPS) is 28.2. The Bertz CT molecular complexity index is 1630. The van der Waals surface area contributed by atoms with Crippen LogP contribution in [-0.2, 0) is 29.3 Å². The lowest BCUT2D eigenvalue weighted by Gasteiger charge is -2.62. The van der Waals surface area contributed by atoms with E-state index in [-0.39, 0.29) is 24.2 Å². The first kappa shape index (κ1) is 38.6. The average molecular weight is 712 g/mol. The van der Waals surface area contributed by atoms with Gasteiger partial charge in [-0.1, -0.05) is 87.5 Å². The van der Waals surface area contributed by atoms with Crippen LogP contribution in [0.4, 0.5) is 0 Å². The zero-order chi connectivity index (χ0) is 37.2. The van der Waals surface area contributed by atoms with E-state index in [1.54, 1.807) is 18.1 Å². The maximum absolute atomic E-state index is 14.2. The number of phenolic OH excluding ortho intramolecular Hbond substituents is 1. The molecule has 3 aromatic carbocycles. The van der Waals surface area contributed by atoms with Crippen LogP contribution in [0.25, 0.3) is 0 Å². The number of rotatable bonds is 16. The molecule has 3 saturated carbocycles. The second kappa shape index (κ2) is 16.5. The minimum atomic E-state index is -0.804. The molecule has 4 fully saturated rings. The van der Waals surface area contributed by atoms with Gasteiger partial charge in [-0.15, -0.1) is 0 Å². The highest BCUT2D eigenvalue weighted by atomic mass is 16.7. The van der Waals surface area contributed by atoms with E-state index in [2.05, 4.69) is 99.3 Å². The summed E-state index contributed by atoms with van der Waals surface area (Å²) in [4.78, 5) is 25.1. The number of carbonyl (C=O) groups excluding carboxylic acids is 1. The van der Waals surface area contributed by atoms with E-state index in [1.165, 1.54) is 18.4 Å². The molecule has 9 atom stereocenters. The maximum atomic E-state index is 14.2. The Labute approximate surface area is 311 Å². The number of hydrogen-bond donors (Lipinski definition) is 3. The molecular formula is C44H61N3O5. The highest BCUT2D eigenvalue weighted by Crippen LogP contribution is 2.63. The number of phenols is 1. The Hall–Kier alpha value is -3.11. The summed E-state index contributed by atoms with van der Waals surface area (Å²) in [5.74, 6) is 2.47. The van der Waals surface area contributed by atoms with Gasteiger partial charge >= 0.3 is 0 Å². The molecule has 8 heteroatoms. The van der Waals surface area contributed by atoms with Gasteiger partial charge in [0.15, 0.2) is 5.78 Å². The van der Waals surface area contributed by atoms with E-state index in [0.29, 0.717) is 43.3 Å². The SMILES string of the molecule is C[C@@H]1[C@@H](CCC(=O)[C@@H]2[C@H]([C@H](C)O)[C@H](CO)ON2Cc2cccc(CN(Cc3cccc(O)c3)[C@H](CN(C)C)c3ccccc3)c2)C[C@H]2C[C@@H]1C2(C)C. The molecule has 52 heavy (non-hydrogen) atoms. The molecule has 0 amide bonds. The van der Waals surface area contributed by atoms with Gasteiger partial charge < -0.3 is 20.2 Å². The number of aromatic hydroxyl groups is 1. The van der Waals surface area contributed by atoms with Gasteiger partial charge in [-0.3, -0.25) is 14.5 Å². The Morgan fingerprint density at radius 2 is 1.63 bits per heavy atom. The van der Waals surface area contributed by atoms with Crippen LogP contribution in [0.5, 0.6) is 5.75 Å².